The topological polar surface area (TPSA) is 66.9 Å². The Kier molecular flexibility index (Phi) is 6.77. The van der Waals surface area contributed by atoms with Gasteiger partial charge in [0.15, 0.2) is 5.78 Å². The average molecular weight is 360 g/mol. The monoisotopic (exact) mass is 360 g/mol. The fraction of sp³-hybridized carbons (Fsp3) is 0.550. The van der Waals surface area contributed by atoms with Crippen molar-refractivity contribution in [2.45, 2.75) is 45.6 Å². The molecule has 0 aliphatic carbocycles. The molecule has 1 fully saturated rings. The van der Waals surface area contributed by atoms with Gasteiger partial charge in [-0.15, -0.1) is 0 Å². The lowest BCUT2D eigenvalue weighted by Crippen LogP contribution is -2.40. The minimum absolute atomic E-state index is 0.0239. The first-order chi connectivity index (χ1) is 12.3. The zero-order valence-corrected chi connectivity index (χ0v) is 15.9. The summed E-state index contributed by atoms with van der Waals surface area (Å²) in [4.78, 5) is 40.1. The quantitative estimate of drug-likeness (QED) is 0.774. The second-order valence-corrected chi connectivity index (χ2v) is 7.49. The van der Waals surface area contributed by atoms with Crippen LogP contribution < -0.4 is 0 Å². The second kappa shape index (κ2) is 8.83. The molecule has 1 aliphatic rings. The summed E-state index contributed by atoms with van der Waals surface area (Å²) in [5.41, 5.74) is 0.101. The minimum Gasteiger partial charge on any atom is -0.444 e. The van der Waals surface area contributed by atoms with Crippen LogP contribution in [0.3, 0.4) is 0 Å². The molecule has 26 heavy (non-hydrogen) atoms. The van der Waals surface area contributed by atoms with Crippen LogP contribution in [0.2, 0.25) is 0 Å². The summed E-state index contributed by atoms with van der Waals surface area (Å²) in [7, 11) is 0. The van der Waals surface area contributed by atoms with Gasteiger partial charge in [-0.25, -0.2) is 4.79 Å². The molecule has 6 nitrogen and oxygen atoms in total. The second-order valence-electron chi connectivity index (χ2n) is 7.49. The van der Waals surface area contributed by atoms with Gasteiger partial charge in [-0.3, -0.25) is 9.59 Å². The predicted octanol–water partition coefficient (Wildman–Crippen LogP) is 3.12. The Bertz CT molecular complexity index is 637. The van der Waals surface area contributed by atoms with E-state index in [4.69, 9.17) is 4.74 Å². The molecular weight excluding hydrogens is 332 g/mol. The summed E-state index contributed by atoms with van der Waals surface area (Å²) in [5.74, 6) is -0.0653. The van der Waals surface area contributed by atoms with Gasteiger partial charge in [0.25, 0.3) is 0 Å². The standard InChI is InChI=1S/C20H28N2O4/c1-20(2,3)26-19(25)22-13-7-12-21(14-15-22)18(24)11-10-17(23)16-8-5-4-6-9-16/h4-6,8-9H,7,10-15H2,1-3H3. The smallest absolute Gasteiger partial charge is 0.410 e. The highest BCUT2D eigenvalue weighted by Gasteiger charge is 2.26. The van der Waals surface area contributed by atoms with Crippen molar-refractivity contribution in [1.29, 1.82) is 0 Å². The average Bonchev–Trinajstić information content (AvgIpc) is 2.85. The van der Waals surface area contributed by atoms with E-state index in [9.17, 15) is 14.4 Å². The lowest BCUT2D eigenvalue weighted by molar-refractivity contribution is -0.131. The van der Waals surface area contributed by atoms with Crippen molar-refractivity contribution >= 4 is 17.8 Å². The van der Waals surface area contributed by atoms with E-state index in [1.807, 2.05) is 39.0 Å². The minimum atomic E-state index is -0.531. The molecule has 1 aliphatic heterocycles. The number of carbonyl (C=O) groups is 3. The predicted molar refractivity (Wildman–Crippen MR) is 99.0 cm³/mol. The molecule has 1 aromatic rings. The van der Waals surface area contributed by atoms with E-state index in [0.717, 1.165) is 0 Å². The summed E-state index contributed by atoms with van der Waals surface area (Å²) in [6, 6.07) is 9.01. The first-order valence-corrected chi connectivity index (χ1v) is 9.10. The van der Waals surface area contributed by atoms with Crippen LogP contribution in [0.5, 0.6) is 0 Å². The van der Waals surface area contributed by atoms with Crippen LogP contribution in [-0.2, 0) is 9.53 Å². The zero-order valence-electron chi connectivity index (χ0n) is 15.9. The van der Waals surface area contributed by atoms with Gasteiger partial charge in [-0.2, -0.15) is 0 Å². The molecule has 0 radical (unpaired) electrons. The molecule has 1 heterocycles. The lowest BCUT2D eigenvalue weighted by atomic mass is 10.1. The van der Waals surface area contributed by atoms with Crippen LogP contribution in [0.4, 0.5) is 4.79 Å². The Morgan fingerprint density at radius 2 is 1.54 bits per heavy atom. The highest BCUT2D eigenvalue weighted by atomic mass is 16.6. The van der Waals surface area contributed by atoms with Gasteiger partial charge in [0, 0.05) is 44.6 Å². The van der Waals surface area contributed by atoms with Crippen LogP contribution in [-0.4, -0.2) is 59.4 Å². The molecule has 1 saturated heterocycles. The van der Waals surface area contributed by atoms with Gasteiger partial charge in [0.2, 0.25) is 5.91 Å². The van der Waals surface area contributed by atoms with Gasteiger partial charge in [0.05, 0.1) is 0 Å². The normalized spacial score (nSPS) is 15.3. The van der Waals surface area contributed by atoms with E-state index >= 15 is 0 Å². The van der Waals surface area contributed by atoms with Crippen molar-refractivity contribution in [3.63, 3.8) is 0 Å². The largest absolute Gasteiger partial charge is 0.444 e. The van der Waals surface area contributed by atoms with Crippen molar-refractivity contribution in [3.05, 3.63) is 35.9 Å². The molecule has 0 saturated carbocycles. The van der Waals surface area contributed by atoms with E-state index in [1.165, 1.54) is 0 Å². The van der Waals surface area contributed by atoms with E-state index < -0.39 is 5.60 Å². The summed E-state index contributed by atoms with van der Waals surface area (Å²) < 4.78 is 5.40. The van der Waals surface area contributed by atoms with Crippen LogP contribution in [0.25, 0.3) is 0 Å². The third kappa shape index (κ3) is 6.17. The van der Waals surface area contributed by atoms with Gasteiger partial charge in [-0.1, -0.05) is 30.3 Å². The first kappa shape index (κ1) is 19.9. The summed E-state index contributed by atoms with van der Waals surface area (Å²) in [6.45, 7) is 7.59. The molecule has 0 bridgehead atoms. The van der Waals surface area contributed by atoms with Crippen molar-refractivity contribution < 1.29 is 19.1 Å². The number of ketones is 1. The molecule has 0 N–H and O–H groups in total. The molecule has 142 valence electrons. The van der Waals surface area contributed by atoms with E-state index in [-0.39, 0.29) is 30.6 Å². The fourth-order valence-electron chi connectivity index (χ4n) is 2.82. The summed E-state index contributed by atoms with van der Waals surface area (Å²) in [5, 5.41) is 0. The SMILES string of the molecule is CC(C)(C)OC(=O)N1CCCN(C(=O)CCC(=O)c2ccccc2)CC1. The Balaban J connectivity index is 1.81. The molecule has 1 aromatic carbocycles. The molecule has 6 heteroatoms. The lowest BCUT2D eigenvalue weighted by Gasteiger charge is -2.26. The van der Waals surface area contributed by atoms with Crippen molar-refractivity contribution in [2.75, 3.05) is 26.2 Å². The molecule has 2 amide bonds. The Morgan fingerprint density at radius 3 is 2.19 bits per heavy atom. The number of amides is 2. The zero-order chi connectivity index (χ0) is 19.2. The highest BCUT2D eigenvalue weighted by Crippen LogP contribution is 2.13. The van der Waals surface area contributed by atoms with Crippen molar-refractivity contribution in [3.8, 4) is 0 Å². The summed E-state index contributed by atoms with van der Waals surface area (Å²) >= 11 is 0. The molecule has 0 spiro atoms. The van der Waals surface area contributed by atoms with Gasteiger partial charge in [0.1, 0.15) is 5.60 Å². The molecule has 0 aromatic heterocycles. The van der Waals surface area contributed by atoms with E-state index in [1.54, 1.807) is 21.9 Å². The van der Waals surface area contributed by atoms with E-state index in [2.05, 4.69) is 0 Å². The Morgan fingerprint density at radius 1 is 0.923 bits per heavy atom. The van der Waals surface area contributed by atoms with Crippen LogP contribution in [0.15, 0.2) is 30.3 Å². The number of carbonyl (C=O) groups excluding carboxylic acids is 3. The van der Waals surface area contributed by atoms with Crippen LogP contribution in [0.1, 0.15) is 50.4 Å². The Hall–Kier alpha value is -2.37. The third-order valence-electron chi connectivity index (χ3n) is 4.16. The molecule has 2 rings (SSSR count). The van der Waals surface area contributed by atoms with Crippen LogP contribution >= 0.6 is 0 Å². The van der Waals surface area contributed by atoms with Crippen molar-refractivity contribution in [2.24, 2.45) is 0 Å². The Labute approximate surface area is 155 Å². The number of hydrogen-bond donors (Lipinski definition) is 0. The number of Topliss-reactive ketones (excluding diaryl/α,β-unsaturated/α-hetero) is 1. The molecular formula is C20H28N2O4. The van der Waals surface area contributed by atoms with Crippen molar-refractivity contribution in [1.82, 2.24) is 9.80 Å². The molecule has 0 atom stereocenters. The summed E-state index contributed by atoms with van der Waals surface area (Å²) in [6.07, 6.45) is 0.762. The maximum absolute atomic E-state index is 12.4. The molecule has 0 unspecified atom stereocenters. The van der Waals surface area contributed by atoms with Crippen LogP contribution in [0, 0.1) is 0 Å². The van der Waals surface area contributed by atoms with E-state index in [0.29, 0.717) is 38.2 Å². The number of benzene rings is 1. The maximum Gasteiger partial charge on any atom is 0.410 e. The number of rotatable bonds is 4. The number of nitrogens with zero attached hydrogens (tertiary/aromatic N) is 2. The first-order valence-electron chi connectivity index (χ1n) is 9.10. The van der Waals surface area contributed by atoms with Gasteiger partial charge >= 0.3 is 6.09 Å². The number of ether oxygens (including phenoxy) is 1. The maximum atomic E-state index is 12.4. The number of hydrogen-bond acceptors (Lipinski definition) is 4. The highest BCUT2D eigenvalue weighted by molar-refractivity contribution is 5.97. The van der Waals surface area contributed by atoms with Gasteiger partial charge in [-0.05, 0) is 27.2 Å². The third-order valence-corrected chi connectivity index (χ3v) is 4.16. The fourth-order valence-corrected chi connectivity index (χ4v) is 2.82. The van der Waals surface area contributed by atoms with Gasteiger partial charge < -0.3 is 14.5 Å².